The number of amides is 1. The number of benzene rings is 2. The number of hydrogen-bond acceptors (Lipinski definition) is 5. The van der Waals surface area contributed by atoms with Gasteiger partial charge in [0.1, 0.15) is 24.1 Å². The van der Waals surface area contributed by atoms with Gasteiger partial charge in [-0.3, -0.25) is 0 Å². The molecule has 1 aliphatic heterocycles. The maximum atomic E-state index is 12.3. The summed E-state index contributed by atoms with van der Waals surface area (Å²) >= 11 is 0. The second-order valence-electron chi connectivity index (χ2n) is 8.14. The summed E-state index contributed by atoms with van der Waals surface area (Å²) in [7, 11) is 0. The molecule has 0 bridgehead atoms. The molecule has 2 atom stereocenters. The van der Waals surface area contributed by atoms with E-state index in [1.165, 1.54) is 6.08 Å². The first-order valence-corrected chi connectivity index (χ1v) is 9.92. The van der Waals surface area contributed by atoms with Gasteiger partial charge in [0, 0.05) is 6.08 Å². The number of nitrogens with one attached hydrogen (secondary N) is 1. The third-order valence-corrected chi connectivity index (χ3v) is 4.40. The number of ether oxygens (including phenoxy) is 3. The molecular weight excluding hydrogens is 382 g/mol. The Hall–Kier alpha value is -3.28. The molecule has 2 aromatic rings. The van der Waals surface area contributed by atoms with Crippen LogP contribution in [0.4, 0.5) is 4.79 Å². The minimum atomic E-state index is -0.617. The van der Waals surface area contributed by atoms with E-state index in [1.54, 1.807) is 26.8 Å². The molecule has 0 radical (unpaired) electrons. The molecule has 6 nitrogen and oxygen atoms in total. The largest absolute Gasteiger partial charge is 0.489 e. The van der Waals surface area contributed by atoms with Crippen molar-refractivity contribution in [2.75, 3.05) is 0 Å². The van der Waals surface area contributed by atoms with Gasteiger partial charge in [-0.05, 0) is 56.5 Å². The molecule has 3 rings (SSSR count). The number of cyclic esters (lactones) is 1. The van der Waals surface area contributed by atoms with Crippen LogP contribution >= 0.6 is 0 Å². The van der Waals surface area contributed by atoms with Crippen molar-refractivity contribution in [3.63, 3.8) is 0 Å². The van der Waals surface area contributed by atoms with Crippen LogP contribution in [0.2, 0.25) is 0 Å². The lowest BCUT2D eigenvalue weighted by Crippen LogP contribution is -2.46. The summed E-state index contributed by atoms with van der Waals surface area (Å²) in [6.07, 6.45) is 2.41. The van der Waals surface area contributed by atoms with Gasteiger partial charge in [0.2, 0.25) is 0 Å². The summed E-state index contributed by atoms with van der Waals surface area (Å²) < 4.78 is 16.5. The molecule has 0 saturated heterocycles. The normalized spacial score (nSPS) is 16.6. The summed E-state index contributed by atoms with van der Waals surface area (Å²) in [5.41, 5.74) is 1.45. The topological polar surface area (TPSA) is 73.9 Å². The highest BCUT2D eigenvalue weighted by Gasteiger charge is 2.29. The molecule has 0 aliphatic carbocycles. The zero-order valence-electron chi connectivity index (χ0n) is 17.5. The number of carbonyl (C=O) groups excluding carboxylic acids is 2. The summed E-state index contributed by atoms with van der Waals surface area (Å²) in [6, 6.07) is 17.1. The Labute approximate surface area is 176 Å². The fourth-order valence-corrected chi connectivity index (χ4v) is 3.03. The van der Waals surface area contributed by atoms with Crippen molar-refractivity contribution in [2.24, 2.45) is 0 Å². The predicted molar refractivity (Wildman–Crippen MR) is 113 cm³/mol. The Morgan fingerprint density at radius 1 is 1.07 bits per heavy atom. The molecule has 0 aromatic heterocycles. The third-order valence-electron chi connectivity index (χ3n) is 4.40. The SMILES string of the molecule is CC(C)(C)OC(=O)N[C@@H](Cc1ccc(OCc2ccccc2)cc1)[C@@H]1C=CC(=O)O1. The fraction of sp³-hybridized carbons (Fsp3) is 0.333. The summed E-state index contributed by atoms with van der Waals surface area (Å²) in [4.78, 5) is 23.7. The third kappa shape index (κ3) is 6.65. The Morgan fingerprint density at radius 3 is 2.37 bits per heavy atom. The van der Waals surface area contributed by atoms with E-state index in [1.807, 2.05) is 54.6 Å². The van der Waals surface area contributed by atoms with Crippen molar-refractivity contribution in [3.8, 4) is 5.75 Å². The molecule has 6 heteroatoms. The van der Waals surface area contributed by atoms with Gasteiger partial charge in [0.05, 0.1) is 6.04 Å². The molecule has 0 saturated carbocycles. The number of rotatable bonds is 7. The Kier molecular flexibility index (Phi) is 6.77. The van der Waals surface area contributed by atoms with E-state index in [9.17, 15) is 9.59 Å². The van der Waals surface area contributed by atoms with Crippen LogP contribution in [-0.4, -0.2) is 29.8 Å². The van der Waals surface area contributed by atoms with E-state index in [-0.39, 0.29) is 0 Å². The van der Waals surface area contributed by atoms with Crippen LogP contribution in [0.5, 0.6) is 5.75 Å². The van der Waals surface area contributed by atoms with Crippen LogP contribution in [0.3, 0.4) is 0 Å². The minimum Gasteiger partial charge on any atom is -0.489 e. The van der Waals surface area contributed by atoms with Crippen LogP contribution in [0.15, 0.2) is 66.7 Å². The van der Waals surface area contributed by atoms with E-state index in [0.717, 1.165) is 16.9 Å². The van der Waals surface area contributed by atoms with Crippen LogP contribution < -0.4 is 10.1 Å². The summed E-state index contributed by atoms with van der Waals surface area (Å²) in [5.74, 6) is 0.340. The Morgan fingerprint density at radius 2 is 1.77 bits per heavy atom. The monoisotopic (exact) mass is 409 g/mol. The second kappa shape index (κ2) is 9.48. The number of hydrogen-bond donors (Lipinski definition) is 1. The van der Waals surface area contributed by atoms with E-state index in [2.05, 4.69) is 5.32 Å². The minimum absolute atomic E-state index is 0.416. The van der Waals surface area contributed by atoms with Crippen LogP contribution in [0.25, 0.3) is 0 Å². The first kappa shape index (κ1) is 21.4. The van der Waals surface area contributed by atoms with Gasteiger partial charge in [0.25, 0.3) is 0 Å². The van der Waals surface area contributed by atoms with Crippen molar-refractivity contribution < 1.29 is 23.8 Å². The Bertz CT molecular complexity index is 884. The van der Waals surface area contributed by atoms with E-state index in [4.69, 9.17) is 14.2 Å². The van der Waals surface area contributed by atoms with Gasteiger partial charge in [-0.1, -0.05) is 42.5 Å². The highest BCUT2D eigenvalue weighted by molar-refractivity contribution is 5.84. The summed E-state index contributed by atoms with van der Waals surface area (Å²) in [5, 5.41) is 2.82. The van der Waals surface area contributed by atoms with Crippen LogP contribution in [0, 0.1) is 0 Å². The van der Waals surface area contributed by atoms with E-state index >= 15 is 0 Å². The van der Waals surface area contributed by atoms with Gasteiger partial charge in [-0.15, -0.1) is 0 Å². The van der Waals surface area contributed by atoms with Crippen LogP contribution in [-0.2, 0) is 27.3 Å². The molecule has 2 aromatic carbocycles. The van der Waals surface area contributed by atoms with E-state index in [0.29, 0.717) is 13.0 Å². The zero-order valence-corrected chi connectivity index (χ0v) is 17.5. The predicted octanol–water partition coefficient (Wildman–Crippen LogP) is 4.18. The first-order chi connectivity index (χ1) is 14.3. The van der Waals surface area contributed by atoms with Gasteiger partial charge in [-0.25, -0.2) is 9.59 Å². The highest BCUT2D eigenvalue weighted by Crippen LogP contribution is 2.19. The molecule has 1 N–H and O–H groups in total. The average Bonchev–Trinajstić information content (AvgIpc) is 3.13. The van der Waals surface area contributed by atoms with Crippen molar-refractivity contribution in [1.82, 2.24) is 5.32 Å². The molecule has 1 amide bonds. The molecule has 1 heterocycles. The summed E-state index contributed by atoms with van der Waals surface area (Å²) in [6.45, 7) is 5.88. The zero-order chi connectivity index (χ0) is 21.6. The van der Waals surface area contributed by atoms with Gasteiger partial charge in [0.15, 0.2) is 0 Å². The van der Waals surface area contributed by atoms with Crippen molar-refractivity contribution in [2.45, 2.75) is 51.5 Å². The smallest absolute Gasteiger partial charge is 0.408 e. The molecule has 158 valence electrons. The van der Waals surface area contributed by atoms with Crippen molar-refractivity contribution in [3.05, 3.63) is 77.9 Å². The number of esters is 1. The lowest BCUT2D eigenvalue weighted by molar-refractivity contribution is -0.139. The lowest BCUT2D eigenvalue weighted by Gasteiger charge is -2.26. The molecular formula is C24H27NO5. The average molecular weight is 409 g/mol. The fourth-order valence-electron chi connectivity index (χ4n) is 3.03. The number of carbonyl (C=O) groups is 2. The van der Waals surface area contributed by atoms with E-state index < -0.39 is 29.8 Å². The quantitative estimate of drug-likeness (QED) is 0.695. The van der Waals surface area contributed by atoms with Crippen molar-refractivity contribution >= 4 is 12.1 Å². The van der Waals surface area contributed by atoms with Gasteiger partial charge in [-0.2, -0.15) is 0 Å². The lowest BCUT2D eigenvalue weighted by atomic mass is 10.0. The van der Waals surface area contributed by atoms with Gasteiger partial charge >= 0.3 is 12.1 Å². The standard InChI is InChI=1S/C24H27NO5/c1-24(2,3)30-23(27)25-20(21-13-14-22(26)29-21)15-17-9-11-19(12-10-17)28-16-18-7-5-4-6-8-18/h4-14,20-21H,15-16H2,1-3H3,(H,25,27)/t20-,21-/m0/s1. The Balaban J connectivity index is 1.62. The maximum absolute atomic E-state index is 12.3. The molecule has 1 aliphatic rings. The first-order valence-electron chi connectivity index (χ1n) is 9.92. The maximum Gasteiger partial charge on any atom is 0.408 e. The molecule has 0 unspecified atom stereocenters. The second-order valence-corrected chi connectivity index (χ2v) is 8.14. The van der Waals surface area contributed by atoms with Crippen LogP contribution in [0.1, 0.15) is 31.9 Å². The van der Waals surface area contributed by atoms with Crippen molar-refractivity contribution in [1.29, 1.82) is 0 Å². The molecule has 0 spiro atoms. The van der Waals surface area contributed by atoms with Gasteiger partial charge < -0.3 is 19.5 Å². The molecule has 0 fully saturated rings. The highest BCUT2D eigenvalue weighted by atomic mass is 16.6. The number of alkyl carbamates (subject to hydrolysis) is 1. The molecule has 30 heavy (non-hydrogen) atoms.